The molecule has 0 unspecified atom stereocenters. The van der Waals surface area contributed by atoms with E-state index in [4.69, 9.17) is 4.74 Å². The van der Waals surface area contributed by atoms with Gasteiger partial charge in [-0.3, -0.25) is 4.79 Å². The Bertz CT molecular complexity index is 391. The topological polar surface area (TPSA) is 41.6 Å². The van der Waals surface area contributed by atoms with Gasteiger partial charge in [-0.1, -0.05) is 0 Å². The molecule has 0 spiro atoms. The number of anilines is 1. The van der Waals surface area contributed by atoms with Crippen molar-refractivity contribution in [1.29, 1.82) is 0 Å². The van der Waals surface area contributed by atoms with E-state index >= 15 is 0 Å². The number of carbonyl (C=O) groups excluding carboxylic acids is 1. The Morgan fingerprint density at radius 1 is 1.47 bits per heavy atom. The molecular formula is C13H20N2O2. The summed E-state index contributed by atoms with van der Waals surface area (Å²) in [6.45, 7) is 3.09. The van der Waals surface area contributed by atoms with Crippen LogP contribution in [0.5, 0.6) is 0 Å². The molecule has 1 aromatic rings. The maximum atomic E-state index is 12.1. The molecule has 0 aliphatic carbocycles. The Morgan fingerprint density at radius 2 is 2.18 bits per heavy atom. The lowest BCUT2D eigenvalue weighted by atomic mass is 10.1. The molecule has 0 fully saturated rings. The van der Waals surface area contributed by atoms with Crippen molar-refractivity contribution in [3.05, 3.63) is 29.3 Å². The van der Waals surface area contributed by atoms with E-state index in [0.717, 1.165) is 16.8 Å². The van der Waals surface area contributed by atoms with Crippen LogP contribution in [0.4, 0.5) is 5.69 Å². The molecule has 0 heterocycles. The molecule has 1 amide bonds. The van der Waals surface area contributed by atoms with Gasteiger partial charge in [-0.25, -0.2) is 0 Å². The molecule has 1 aromatic carbocycles. The van der Waals surface area contributed by atoms with E-state index in [9.17, 15) is 4.79 Å². The molecule has 94 valence electrons. The quantitative estimate of drug-likeness (QED) is 0.847. The van der Waals surface area contributed by atoms with Gasteiger partial charge in [-0.15, -0.1) is 0 Å². The second-order valence-corrected chi connectivity index (χ2v) is 4.00. The molecule has 0 radical (unpaired) electrons. The summed E-state index contributed by atoms with van der Waals surface area (Å²) in [6.07, 6.45) is 0. The van der Waals surface area contributed by atoms with Crippen LogP contribution in [-0.2, 0) is 4.74 Å². The first-order valence-electron chi connectivity index (χ1n) is 5.63. The van der Waals surface area contributed by atoms with Gasteiger partial charge in [0.25, 0.3) is 5.91 Å². The smallest absolute Gasteiger partial charge is 0.253 e. The van der Waals surface area contributed by atoms with Gasteiger partial charge in [0.15, 0.2) is 0 Å². The third kappa shape index (κ3) is 3.46. The van der Waals surface area contributed by atoms with Gasteiger partial charge in [0, 0.05) is 39.0 Å². The van der Waals surface area contributed by atoms with Crippen molar-refractivity contribution in [1.82, 2.24) is 4.90 Å². The molecule has 1 N–H and O–H groups in total. The summed E-state index contributed by atoms with van der Waals surface area (Å²) < 4.78 is 4.96. The molecule has 0 saturated carbocycles. The lowest BCUT2D eigenvalue weighted by Gasteiger charge is -2.18. The maximum absolute atomic E-state index is 12.1. The minimum atomic E-state index is 0.0298. The van der Waals surface area contributed by atoms with Crippen LogP contribution in [0, 0.1) is 6.92 Å². The standard InChI is InChI=1S/C13H20N2O2/c1-10-9-11(14-2)5-6-12(10)13(16)15(3)7-8-17-4/h5-6,9,14H,7-8H2,1-4H3. The molecule has 0 aliphatic rings. The van der Waals surface area contributed by atoms with Crippen molar-refractivity contribution in [3.63, 3.8) is 0 Å². The van der Waals surface area contributed by atoms with Gasteiger partial charge in [0.2, 0.25) is 0 Å². The maximum Gasteiger partial charge on any atom is 0.253 e. The fourth-order valence-corrected chi connectivity index (χ4v) is 1.59. The second-order valence-electron chi connectivity index (χ2n) is 4.00. The van der Waals surface area contributed by atoms with E-state index in [1.54, 1.807) is 19.1 Å². The van der Waals surface area contributed by atoms with Crippen LogP contribution in [-0.4, -0.2) is 45.2 Å². The van der Waals surface area contributed by atoms with E-state index in [0.29, 0.717) is 13.2 Å². The van der Waals surface area contributed by atoms with Crippen molar-refractivity contribution in [2.45, 2.75) is 6.92 Å². The Labute approximate surface area is 103 Å². The summed E-state index contributed by atoms with van der Waals surface area (Å²) in [4.78, 5) is 13.8. The number of hydrogen-bond acceptors (Lipinski definition) is 3. The summed E-state index contributed by atoms with van der Waals surface area (Å²) in [5, 5.41) is 3.05. The molecule has 0 atom stereocenters. The number of likely N-dealkylation sites (N-methyl/N-ethyl adjacent to an activating group) is 1. The lowest BCUT2D eigenvalue weighted by molar-refractivity contribution is 0.0743. The highest BCUT2D eigenvalue weighted by Gasteiger charge is 2.13. The average Bonchev–Trinajstić information content (AvgIpc) is 2.34. The van der Waals surface area contributed by atoms with E-state index in [1.807, 2.05) is 32.2 Å². The molecule has 4 nitrogen and oxygen atoms in total. The first kappa shape index (κ1) is 13.5. The van der Waals surface area contributed by atoms with Crippen LogP contribution in [0.1, 0.15) is 15.9 Å². The van der Waals surface area contributed by atoms with Gasteiger partial charge in [0.05, 0.1) is 6.61 Å². The highest BCUT2D eigenvalue weighted by molar-refractivity contribution is 5.95. The van der Waals surface area contributed by atoms with Crippen LogP contribution in [0.15, 0.2) is 18.2 Å². The summed E-state index contributed by atoms with van der Waals surface area (Å²) in [7, 11) is 5.28. The molecule has 17 heavy (non-hydrogen) atoms. The predicted molar refractivity (Wildman–Crippen MR) is 69.6 cm³/mol. The molecule has 0 saturated heterocycles. The zero-order valence-corrected chi connectivity index (χ0v) is 10.9. The Balaban J connectivity index is 2.81. The normalized spacial score (nSPS) is 10.1. The number of nitrogens with one attached hydrogen (secondary N) is 1. The van der Waals surface area contributed by atoms with Crippen LogP contribution < -0.4 is 5.32 Å². The zero-order chi connectivity index (χ0) is 12.8. The lowest BCUT2D eigenvalue weighted by Crippen LogP contribution is -2.30. The number of nitrogens with zero attached hydrogens (tertiary/aromatic N) is 1. The first-order chi connectivity index (χ1) is 8.10. The van der Waals surface area contributed by atoms with Crippen LogP contribution in [0.25, 0.3) is 0 Å². The van der Waals surface area contributed by atoms with E-state index < -0.39 is 0 Å². The fraction of sp³-hybridized carbons (Fsp3) is 0.462. The molecule has 0 aromatic heterocycles. The Kier molecular flexibility index (Phi) is 4.97. The van der Waals surface area contributed by atoms with Crippen molar-refractivity contribution in [2.24, 2.45) is 0 Å². The molecule has 0 aliphatic heterocycles. The molecule has 4 heteroatoms. The molecule has 1 rings (SSSR count). The number of hydrogen-bond donors (Lipinski definition) is 1. The number of benzene rings is 1. The van der Waals surface area contributed by atoms with E-state index in [2.05, 4.69) is 5.32 Å². The predicted octanol–water partition coefficient (Wildman–Crippen LogP) is 1.76. The minimum Gasteiger partial charge on any atom is -0.388 e. The van der Waals surface area contributed by atoms with Gasteiger partial charge < -0.3 is 15.0 Å². The summed E-state index contributed by atoms with van der Waals surface area (Å²) in [5.41, 5.74) is 2.73. The SMILES string of the molecule is CNc1ccc(C(=O)N(C)CCOC)c(C)c1. The Morgan fingerprint density at radius 3 is 2.71 bits per heavy atom. The van der Waals surface area contributed by atoms with Crippen LogP contribution >= 0.6 is 0 Å². The summed E-state index contributed by atoms with van der Waals surface area (Å²) in [5.74, 6) is 0.0298. The Hall–Kier alpha value is -1.55. The number of ether oxygens (including phenoxy) is 1. The van der Waals surface area contributed by atoms with Crippen molar-refractivity contribution >= 4 is 11.6 Å². The minimum absolute atomic E-state index is 0.0298. The van der Waals surface area contributed by atoms with Crippen molar-refractivity contribution in [2.75, 3.05) is 39.7 Å². The number of carbonyl (C=O) groups is 1. The summed E-state index contributed by atoms with van der Waals surface area (Å²) in [6, 6.07) is 5.73. The highest BCUT2D eigenvalue weighted by atomic mass is 16.5. The zero-order valence-electron chi connectivity index (χ0n) is 10.9. The van der Waals surface area contributed by atoms with E-state index in [1.165, 1.54) is 0 Å². The first-order valence-corrected chi connectivity index (χ1v) is 5.63. The van der Waals surface area contributed by atoms with Crippen LogP contribution in [0.3, 0.4) is 0 Å². The number of methoxy groups -OCH3 is 1. The van der Waals surface area contributed by atoms with Crippen molar-refractivity contribution in [3.8, 4) is 0 Å². The number of amides is 1. The largest absolute Gasteiger partial charge is 0.388 e. The third-order valence-corrected chi connectivity index (χ3v) is 2.72. The van der Waals surface area contributed by atoms with E-state index in [-0.39, 0.29) is 5.91 Å². The fourth-order valence-electron chi connectivity index (χ4n) is 1.59. The molecular weight excluding hydrogens is 216 g/mol. The molecule has 0 bridgehead atoms. The van der Waals surface area contributed by atoms with Gasteiger partial charge in [-0.05, 0) is 30.7 Å². The number of rotatable bonds is 5. The monoisotopic (exact) mass is 236 g/mol. The number of aryl methyl sites for hydroxylation is 1. The van der Waals surface area contributed by atoms with Gasteiger partial charge in [0.1, 0.15) is 0 Å². The van der Waals surface area contributed by atoms with Crippen LogP contribution in [0.2, 0.25) is 0 Å². The van der Waals surface area contributed by atoms with Gasteiger partial charge in [-0.2, -0.15) is 0 Å². The summed E-state index contributed by atoms with van der Waals surface area (Å²) >= 11 is 0. The van der Waals surface area contributed by atoms with Gasteiger partial charge >= 0.3 is 0 Å². The average molecular weight is 236 g/mol. The third-order valence-electron chi connectivity index (χ3n) is 2.72. The van der Waals surface area contributed by atoms with Crippen molar-refractivity contribution < 1.29 is 9.53 Å². The highest BCUT2D eigenvalue weighted by Crippen LogP contribution is 2.16. The second kappa shape index (κ2) is 6.25.